The van der Waals surface area contributed by atoms with Crippen molar-refractivity contribution in [2.45, 2.75) is 31.9 Å². The van der Waals surface area contributed by atoms with Crippen LogP contribution < -0.4 is 5.32 Å². The first kappa shape index (κ1) is 20.6. The highest BCUT2D eigenvalue weighted by molar-refractivity contribution is 14.0. The number of likely N-dealkylation sites (tertiary alicyclic amines) is 1. The molecule has 2 aromatic rings. The monoisotopic (exact) mass is 475 g/mol. The Labute approximate surface area is 169 Å². The molecule has 0 spiro atoms. The second-order valence-electron chi connectivity index (χ2n) is 6.53. The average Bonchev–Trinajstić information content (AvgIpc) is 3.24. The molecule has 2 heterocycles. The summed E-state index contributed by atoms with van der Waals surface area (Å²) < 4.78 is 26.7. The van der Waals surface area contributed by atoms with E-state index in [1.54, 1.807) is 7.05 Å². The number of benzene rings is 1. The summed E-state index contributed by atoms with van der Waals surface area (Å²) in [7, 11) is 1.71. The number of aromatic nitrogens is 2. The van der Waals surface area contributed by atoms with Crippen molar-refractivity contribution in [1.29, 1.82) is 0 Å². The van der Waals surface area contributed by atoms with Gasteiger partial charge in [0, 0.05) is 37.9 Å². The molecule has 26 heavy (non-hydrogen) atoms. The third-order valence-electron chi connectivity index (χ3n) is 4.82. The largest absolute Gasteiger partial charge is 0.349 e. The number of hydrogen-bond donors (Lipinski definition) is 1. The van der Waals surface area contributed by atoms with Gasteiger partial charge in [0.15, 0.2) is 5.96 Å². The zero-order chi connectivity index (χ0) is 17.9. The summed E-state index contributed by atoms with van der Waals surface area (Å²) in [6, 6.07) is 10.4. The van der Waals surface area contributed by atoms with Crippen molar-refractivity contribution >= 4 is 29.9 Å². The fraction of sp³-hybridized carbons (Fsp3) is 0.444. The van der Waals surface area contributed by atoms with Crippen molar-refractivity contribution in [2.24, 2.45) is 4.99 Å². The molecule has 0 amide bonds. The van der Waals surface area contributed by atoms with Gasteiger partial charge in [-0.25, -0.2) is 4.98 Å². The smallest absolute Gasteiger partial charge is 0.319 e. The van der Waals surface area contributed by atoms with Crippen LogP contribution in [-0.2, 0) is 12.0 Å². The standard InChI is InChI=1S/C18H23F2N5.HI/c1-18(14-6-4-3-5-7-14)8-10-24(13-18)17(21-2)23-12-15-22-9-11-25(15)16(19)20;/h3-7,9,11,16H,8,10,12-13H2,1-2H3,(H,21,23);1H. The molecule has 1 aromatic heterocycles. The van der Waals surface area contributed by atoms with Crippen LogP contribution in [0, 0.1) is 0 Å². The molecule has 1 aliphatic heterocycles. The Morgan fingerprint density at radius 2 is 2.08 bits per heavy atom. The van der Waals surface area contributed by atoms with E-state index in [9.17, 15) is 8.78 Å². The summed E-state index contributed by atoms with van der Waals surface area (Å²) in [4.78, 5) is 10.5. The van der Waals surface area contributed by atoms with Gasteiger partial charge in [-0.15, -0.1) is 24.0 Å². The number of nitrogens with one attached hydrogen (secondary N) is 1. The topological polar surface area (TPSA) is 45.5 Å². The number of nitrogens with zero attached hydrogens (tertiary/aromatic N) is 4. The Hall–Kier alpha value is -1.71. The van der Waals surface area contributed by atoms with Crippen molar-refractivity contribution in [3.05, 3.63) is 54.1 Å². The number of alkyl halides is 2. The van der Waals surface area contributed by atoms with E-state index in [0.29, 0.717) is 11.8 Å². The zero-order valence-electron chi connectivity index (χ0n) is 14.9. The fourth-order valence-electron chi connectivity index (χ4n) is 3.37. The molecule has 1 saturated heterocycles. The average molecular weight is 475 g/mol. The highest BCUT2D eigenvalue weighted by Gasteiger charge is 2.36. The molecule has 0 bridgehead atoms. The Morgan fingerprint density at radius 3 is 2.73 bits per heavy atom. The summed E-state index contributed by atoms with van der Waals surface area (Å²) in [5.41, 5.74) is 1.36. The summed E-state index contributed by atoms with van der Waals surface area (Å²) in [6.45, 7) is 1.57. The van der Waals surface area contributed by atoms with Crippen LogP contribution in [0.5, 0.6) is 0 Å². The summed E-state index contributed by atoms with van der Waals surface area (Å²) in [5.74, 6) is 1.00. The number of aliphatic imine (C=N–C) groups is 1. The molecule has 0 saturated carbocycles. The zero-order valence-corrected chi connectivity index (χ0v) is 17.2. The van der Waals surface area contributed by atoms with Gasteiger partial charge in [0.1, 0.15) is 5.82 Å². The maximum atomic E-state index is 12.9. The van der Waals surface area contributed by atoms with E-state index in [1.807, 2.05) is 6.07 Å². The Morgan fingerprint density at radius 1 is 1.35 bits per heavy atom. The van der Waals surface area contributed by atoms with Crippen molar-refractivity contribution in [3.63, 3.8) is 0 Å². The van der Waals surface area contributed by atoms with Crippen molar-refractivity contribution in [3.8, 4) is 0 Å². The van der Waals surface area contributed by atoms with Crippen LogP contribution in [-0.4, -0.2) is 40.5 Å². The molecule has 0 aliphatic carbocycles. The molecule has 1 N–H and O–H groups in total. The predicted molar refractivity (Wildman–Crippen MR) is 109 cm³/mol. The van der Waals surface area contributed by atoms with Gasteiger partial charge < -0.3 is 10.2 Å². The lowest BCUT2D eigenvalue weighted by atomic mass is 9.82. The molecule has 5 nitrogen and oxygen atoms in total. The minimum absolute atomic E-state index is 0. The van der Waals surface area contributed by atoms with E-state index >= 15 is 0 Å². The normalized spacial score (nSPS) is 20.3. The lowest BCUT2D eigenvalue weighted by Gasteiger charge is -2.27. The molecule has 0 radical (unpaired) electrons. The molecule has 1 unspecified atom stereocenters. The molecule has 8 heteroatoms. The summed E-state index contributed by atoms with van der Waals surface area (Å²) in [5, 5.41) is 3.16. The summed E-state index contributed by atoms with van der Waals surface area (Å²) >= 11 is 0. The molecule has 142 valence electrons. The molecule has 1 aliphatic rings. The van der Waals surface area contributed by atoms with Gasteiger partial charge in [-0.1, -0.05) is 37.3 Å². The highest BCUT2D eigenvalue weighted by atomic mass is 127. The molecular weight excluding hydrogens is 451 g/mol. The Balaban J connectivity index is 0.00000243. The van der Waals surface area contributed by atoms with Crippen LogP contribution >= 0.6 is 24.0 Å². The lowest BCUT2D eigenvalue weighted by molar-refractivity contribution is 0.0668. The molecule has 1 atom stereocenters. The van der Waals surface area contributed by atoms with Crippen LogP contribution in [0.15, 0.2) is 47.7 Å². The Kier molecular flexibility index (Phi) is 6.96. The third-order valence-corrected chi connectivity index (χ3v) is 4.82. The van der Waals surface area contributed by atoms with Crippen molar-refractivity contribution in [2.75, 3.05) is 20.1 Å². The number of rotatable bonds is 4. The minimum atomic E-state index is -2.59. The maximum absolute atomic E-state index is 12.9. The van der Waals surface area contributed by atoms with Gasteiger partial charge >= 0.3 is 6.55 Å². The molecular formula is C18H24F2IN5. The SMILES string of the molecule is CN=C(NCc1nccn1C(F)F)N1CCC(C)(c2ccccc2)C1.I. The van der Waals surface area contributed by atoms with E-state index < -0.39 is 6.55 Å². The van der Waals surface area contributed by atoms with Gasteiger partial charge in [-0.2, -0.15) is 8.78 Å². The van der Waals surface area contributed by atoms with E-state index in [2.05, 4.69) is 51.4 Å². The second-order valence-corrected chi connectivity index (χ2v) is 6.53. The van der Waals surface area contributed by atoms with Crippen LogP contribution in [0.3, 0.4) is 0 Å². The molecule has 1 fully saturated rings. The predicted octanol–water partition coefficient (Wildman–Crippen LogP) is 3.64. The molecule has 1 aromatic carbocycles. The van der Waals surface area contributed by atoms with Crippen LogP contribution in [0.2, 0.25) is 0 Å². The van der Waals surface area contributed by atoms with Gasteiger partial charge in [-0.05, 0) is 12.0 Å². The van der Waals surface area contributed by atoms with Crippen molar-refractivity contribution < 1.29 is 8.78 Å². The maximum Gasteiger partial charge on any atom is 0.319 e. The summed E-state index contributed by atoms with van der Waals surface area (Å²) in [6.07, 6.45) is 3.68. The van der Waals surface area contributed by atoms with Crippen molar-refractivity contribution in [1.82, 2.24) is 19.8 Å². The van der Waals surface area contributed by atoms with Gasteiger partial charge in [0.25, 0.3) is 0 Å². The van der Waals surface area contributed by atoms with Crippen LogP contribution in [0.25, 0.3) is 0 Å². The number of imidazole rings is 1. The first-order valence-corrected chi connectivity index (χ1v) is 8.34. The first-order chi connectivity index (χ1) is 12.0. The van der Waals surface area contributed by atoms with E-state index in [1.165, 1.54) is 18.0 Å². The van der Waals surface area contributed by atoms with Crippen LogP contribution in [0.1, 0.15) is 31.3 Å². The first-order valence-electron chi connectivity index (χ1n) is 8.34. The third kappa shape index (κ3) is 4.33. The Bertz CT molecular complexity index is 734. The van der Waals surface area contributed by atoms with E-state index in [-0.39, 0.29) is 35.9 Å². The number of hydrogen-bond acceptors (Lipinski definition) is 2. The fourth-order valence-corrected chi connectivity index (χ4v) is 3.37. The van der Waals surface area contributed by atoms with E-state index in [0.717, 1.165) is 24.1 Å². The van der Waals surface area contributed by atoms with Gasteiger partial charge in [0.2, 0.25) is 0 Å². The van der Waals surface area contributed by atoms with Gasteiger partial charge in [-0.3, -0.25) is 9.56 Å². The lowest BCUT2D eigenvalue weighted by Crippen LogP contribution is -2.41. The quantitative estimate of drug-likeness (QED) is 0.418. The van der Waals surface area contributed by atoms with E-state index in [4.69, 9.17) is 0 Å². The number of halogens is 3. The van der Waals surface area contributed by atoms with Gasteiger partial charge in [0.05, 0.1) is 6.54 Å². The highest BCUT2D eigenvalue weighted by Crippen LogP contribution is 2.33. The van der Waals surface area contributed by atoms with Crippen LogP contribution in [0.4, 0.5) is 8.78 Å². The minimum Gasteiger partial charge on any atom is -0.349 e. The molecule has 3 rings (SSSR count). The number of guanidine groups is 1. The second kappa shape index (κ2) is 8.79.